The Kier molecular flexibility index (Phi) is 7.79. The Balaban J connectivity index is 2.79. The highest BCUT2D eigenvalue weighted by atomic mass is 35.5. The zero-order chi connectivity index (χ0) is 15.7. The molecule has 1 aromatic carbocycles. The van der Waals surface area contributed by atoms with Crippen molar-refractivity contribution >= 4 is 23.5 Å². The fraction of sp³-hybridized carbons (Fsp3) is 0.467. The molecule has 1 amide bonds. The van der Waals surface area contributed by atoms with Crippen LogP contribution in [-0.2, 0) is 20.1 Å². The lowest BCUT2D eigenvalue weighted by atomic mass is 10.1. The van der Waals surface area contributed by atoms with Gasteiger partial charge in [0.1, 0.15) is 0 Å². The molecule has 21 heavy (non-hydrogen) atoms. The molecule has 0 fully saturated rings. The number of amides is 1. The molecular formula is C15H20ClNO4. The van der Waals surface area contributed by atoms with E-state index < -0.39 is 0 Å². The van der Waals surface area contributed by atoms with Gasteiger partial charge >= 0.3 is 5.97 Å². The second kappa shape index (κ2) is 9.37. The highest BCUT2D eigenvalue weighted by molar-refractivity contribution is 6.17. The SMILES string of the molecule is COCCN(CCC(=O)OC)C(=O)c1cccc(CCl)c1. The number of hydrogen-bond acceptors (Lipinski definition) is 4. The van der Waals surface area contributed by atoms with Crippen molar-refractivity contribution in [3.05, 3.63) is 35.4 Å². The molecule has 0 spiro atoms. The highest BCUT2D eigenvalue weighted by Crippen LogP contribution is 2.11. The van der Waals surface area contributed by atoms with Gasteiger partial charge in [0, 0.05) is 31.6 Å². The Morgan fingerprint density at radius 2 is 2.00 bits per heavy atom. The molecule has 1 aromatic rings. The lowest BCUT2D eigenvalue weighted by Crippen LogP contribution is -2.35. The fourth-order valence-electron chi connectivity index (χ4n) is 1.81. The number of rotatable bonds is 8. The van der Waals surface area contributed by atoms with E-state index in [4.69, 9.17) is 16.3 Å². The van der Waals surface area contributed by atoms with Crippen molar-refractivity contribution in [3.63, 3.8) is 0 Å². The van der Waals surface area contributed by atoms with E-state index in [2.05, 4.69) is 4.74 Å². The van der Waals surface area contributed by atoms with Crippen molar-refractivity contribution in [2.45, 2.75) is 12.3 Å². The van der Waals surface area contributed by atoms with Gasteiger partial charge in [-0.2, -0.15) is 0 Å². The standard InChI is InChI=1S/C15H20ClNO4/c1-20-9-8-17(7-6-14(18)21-2)15(19)13-5-3-4-12(10-13)11-16/h3-5,10H,6-9,11H2,1-2H3. The number of methoxy groups -OCH3 is 2. The minimum Gasteiger partial charge on any atom is -0.469 e. The Bertz CT molecular complexity index is 478. The monoisotopic (exact) mass is 313 g/mol. The normalized spacial score (nSPS) is 10.2. The molecule has 116 valence electrons. The summed E-state index contributed by atoms with van der Waals surface area (Å²) in [4.78, 5) is 25.3. The van der Waals surface area contributed by atoms with E-state index in [1.807, 2.05) is 6.07 Å². The second-order valence-electron chi connectivity index (χ2n) is 4.45. The first kappa shape index (κ1) is 17.5. The average molecular weight is 314 g/mol. The topological polar surface area (TPSA) is 55.8 Å². The molecule has 0 saturated heterocycles. The molecule has 0 heterocycles. The zero-order valence-electron chi connectivity index (χ0n) is 12.3. The smallest absolute Gasteiger partial charge is 0.307 e. The zero-order valence-corrected chi connectivity index (χ0v) is 13.1. The van der Waals surface area contributed by atoms with Gasteiger partial charge in [-0.05, 0) is 17.7 Å². The molecule has 6 heteroatoms. The van der Waals surface area contributed by atoms with Crippen LogP contribution < -0.4 is 0 Å². The maximum Gasteiger partial charge on any atom is 0.307 e. The van der Waals surface area contributed by atoms with Crippen LogP contribution in [0.25, 0.3) is 0 Å². The molecule has 0 atom stereocenters. The molecule has 0 N–H and O–H groups in total. The van der Waals surface area contributed by atoms with Crippen LogP contribution in [0.4, 0.5) is 0 Å². The summed E-state index contributed by atoms with van der Waals surface area (Å²) >= 11 is 5.78. The third-order valence-corrected chi connectivity index (χ3v) is 3.30. The number of carbonyl (C=O) groups excluding carboxylic acids is 2. The Morgan fingerprint density at radius 1 is 1.24 bits per heavy atom. The molecule has 0 aromatic heterocycles. The maximum atomic E-state index is 12.5. The third kappa shape index (κ3) is 5.73. The predicted molar refractivity (Wildman–Crippen MR) is 80.4 cm³/mol. The van der Waals surface area contributed by atoms with Crippen molar-refractivity contribution in [2.24, 2.45) is 0 Å². The summed E-state index contributed by atoms with van der Waals surface area (Å²) in [5.41, 5.74) is 1.43. The quantitative estimate of drug-likeness (QED) is 0.544. The van der Waals surface area contributed by atoms with Gasteiger partial charge in [-0.25, -0.2) is 0 Å². The Hall–Kier alpha value is -1.59. The first-order valence-corrected chi connectivity index (χ1v) is 7.15. The molecule has 0 aliphatic carbocycles. The summed E-state index contributed by atoms with van der Waals surface area (Å²) in [6.45, 7) is 1.11. The third-order valence-electron chi connectivity index (χ3n) is 2.99. The summed E-state index contributed by atoms with van der Waals surface area (Å²) in [5.74, 6) is -0.149. The van der Waals surface area contributed by atoms with E-state index in [0.29, 0.717) is 31.1 Å². The van der Waals surface area contributed by atoms with E-state index in [0.717, 1.165) is 5.56 Å². The molecule has 1 rings (SSSR count). The average Bonchev–Trinajstić information content (AvgIpc) is 2.54. The molecule has 0 bridgehead atoms. The van der Waals surface area contributed by atoms with Crippen molar-refractivity contribution < 1.29 is 19.1 Å². The largest absolute Gasteiger partial charge is 0.469 e. The van der Waals surface area contributed by atoms with Gasteiger partial charge in [0.25, 0.3) is 5.91 Å². The minimum atomic E-state index is -0.347. The van der Waals surface area contributed by atoms with Gasteiger partial charge in [-0.3, -0.25) is 9.59 Å². The molecular weight excluding hydrogens is 294 g/mol. The molecule has 0 radical (unpaired) electrons. The van der Waals surface area contributed by atoms with Gasteiger partial charge < -0.3 is 14.4 Å². The molecule has 0 saturated carbocycles. The summed E-state index contributed by atoms with van der Waals surface area (Å²) in [5, 5.41) is 0. The van der Waals surface area contributed by atoms with Gasteiger partial charge in [-0.1, -0.05) is 12.1 Å². The first-order chi connectivity index (χ1) is 10.1. The van der Waals surface area contributed by atoms with Crippen LogP contribution in [0, 0.1) is 0 Å². The summed E-state index contributed by atoms with van der Waals surface area (Å²) in [6.07, 6.45) is 0.154. The highest BCUT2D eigenvalue weighted by Gasteiger charge is 2.17. The second-order valence-corrected chi connectivity index (χ2v) is 4.71. The van der Waals surface area contributed by atoms with Crippen molar-refractivity contribution in [1.29, 1.82) is 0 Å². The first-order valence-electron chi connectivity index (χ1n) is 6.62. The van der Waals surface area contributed by atoms with Crippen LogP contribution in [0.1, 0.15) is 22.3 Å². The fourth-order valence-corrected chi connectivity index (χ4v) is 1.98. The van der Waals surface area contributed by atoms with Crippen LogP contribution >= 0.6 is 11.6 Å². The van der Waals surface area contributed by atoms with Crippen LogP contribution in [0.3, 0.4) is 0 Å². The number of alkyl halides is 1. The van der Waals surface area contributed by atoms with Gasteiger partial charge in [-0.15, -0.1) is 11.6 Å². The number of benzene rings is 1. The van der Waals surface area contributed by atoms with Crippen molar-refractivity contribution in [1.82, 2.24) is 4.90 Å². The van der Waals surface area contributed by atoms with E-state index in [9.17, 15) is 9.59 Å². The van der Waals surface area contributed by atoms with E-state index >= 15 is 0 Å². The molecule has 5 nitrogen and oxygen atoms in total. The Labute approximate surface area is 129 Å². The van der Waals surface area contributed by atoms with Crippen LogP contribution in [0.2, 0.25) is 0 Å². The van der Waals surface area contributed by atoms with Gasteiger partial charge in [0.15, 0.2) is 0 Å². The number of ether oxygens (including phenoxy) is 2. The number of nitrogens with zero attached hydrogens (tertiary/aromatic N) is 1. The van der Waals surface area contributed by atoms with Gasteiger partial charge in [0.05, 0.1) is 20.1 Å². The molecule has 0 aliphatic rings. The number of carbonyl (C=O) groups is 2. The lowest BCUT2D eigenvalue weighted by Gasteiger charge is -2.22. The lowest BCUT2D eigenvalue weighted by molar-refractivity contribution is -0.140. The summed E-state index contributed by atoms with van der Waals surface area (Å²) < 4.78 is 9.61. The molecule has 0 unspecified atom stereocenters. The number of hydrogen-bond donors (Lipinski definition) is 0. The van der Waals surface area contributed by atoms with Crippen LogP contribution in [0.15, 0.2) is 24.3 Å². The van der Waals surface area contributed by atoms with Crippen LogP contribution in [0.5, 0.6) is 0 Å². The summed E-state index contributed by atoms with van der Waals surface area (Å²) in [7, 11) is 2.89. The number of esters is 1. The van der Waals surface area contributed by atoms with E-state index in [-0.39, 0.29) is 18.3 Å². The minimum absolute atomic E-state index is 0.150. The van der Waals surface area contributed by atoms with Crippen molar-refractivity contribution in [2.75, 3.05) is 33.9 Å². The number of halogens is 1. The Morgan fingerprint density at radius 3 is 2.62 bits per heavy atom. The molecule has 0 aliphatic heterocycles. The van der Waals surface area contributed by atoms with Crippen molar-refractivity contribution in [3.8, 4) is 0 Å². The van der Waals surface area contributed by atoms with E-state index in [1.165, 1.54) is 7.11 Å². The maximum absolute atomic E-state index is 12.5. The predicted octanol–water partition coefficient (Wildman–Crippen LogP) is 2.08. The van der Waals surface area contributed by atoms with Crippen LogP contribution in [-0.4, -0.2) is 50.7 Å². The van der Waals surface area contributed by atoms with Gasteiger partial charge in [0.2, 0.25) is 0 Å². The summed E-state index contributed by atoms with van der Waals surface area (Å²) in [6, 6.07) is 7.14. The van der Waals surface area contributed by atoms with E-state index in [1.54, 1.807) is 30.2 Å².